The third kappa shape index (κ3) is 3.55. The van der Waals surface area contributed by atoms with Crippen molar-refractivity contribution in [3.05, 3.63) is 59.7 Å². The van der Waals surface area contributed by atoms with Gasteiger partial charge in [0.05, 0.1) is 5.56 Å². The molecule has 0 atom stereocenters. The lowest BCUT2D eigenvalue weighted by atomic mass is 10.1. The molecule has 0 bridgehead atoms. The highest BCUT2D eigenvalue weighted by atomic mass is 35.5. The van der Waals surface area contributed by atoms with Crippen molar-refractivity contribution in [3.8, 4) is 0 Å². The second kappa shape index (κ2) is 5.89. The van der Waals surface area contributed by atoms with Gasteiger partial charge in [0.15, 0.2) is 0 Å². The Balaban J connectivity index is 2.45. The van der Waals surface area contributed by atoms with Gasteiger partial charge in [-0.05, 0) is 41.9 Å². The SMILES string of the molecule is O=C(Cl)c1ccc(C(F)(F)F)cc1Sc1ccccc1. The molecule has 0 N–H and O–H groups in total. The van der Waals surface area contributed by atoms with E-state index in [1.165, 1.54) is 0 Å². The van der Waals surface area contributed by atoms with Crippen LogP contribution in [0.15, 0.2) is 58.3 Å². The monoisotopic (exact) mass is 316 g/mol. The van der Waals surface area contributed by atoms with E-state index in [-0.39, 0.29) is 10.5 Å². The fourth-order valence-electron chi connectivity index (χ4n) is 1.56. The molecule has 20 heavy (non-hydrogen) atoms. The van der Waals surface area contributed by atoms with Crippen molar-refractivity contribution < 1.29 is 18.0 Å². The first-order valence-corrected chi connectivity index (χ1v) is 6.71. The lowest BCUT2D eigenvalue weighted by molar-refractivity contribution is -0.137. The van der Waals surface area contributed by atoms with E-state index in [4.69, 9.17) is 11.6 Å². The molecule has 2 aromatic carbocycles. The first-order valence-electron chi connectivity index (χ1n) is 5.52. The molecule has 6 heteroatoms. The van der Waals surface area contributed by atoms with Crippen LogP contribution in [0.1, 0.15) is 15.9 Å². The largest absolute Gasteiger partial charge is 0.416 e. The van der Waals surface area contributed by atoms with Crippen LogP contribution in [0.3, 0.4) is 0 Å². The van der Waals surface area contributed by atoms with E-state index < -0.39 is 17.0 Å². The fraction of sp³-hybridized carbons (Fsp3) is 0.0714. The molecule has 0 amide bonds. The van der Waals surface area contributed by atoms with Crippen molar-refractivity contribution in [1.29, 1.82) is 0 Å². The molecule has 1 nitrogen and oxygen atoms in total. The van der Waals surface area contributed by atoms with Gasteiger partial charge in [0.25, 0.3) is 5.24 Å². The normalized spacial score (nSPS) is 11.4. The van der Waals surface area contributed by atoms with Crippen LogP contribution in [0, 0.1) is 0 Å². The van der Waals surface area contributed by atoms with Crippen molar-refractivity contribution >= 4 is 28.6 Å². The molecule has 0 aliphatic carbocycles. The van der Waals surface area contributed by atoms with Crippen molar-refractivity contribution in [1.82, 2.24) is 0 Å². The Bertz CT molecular complexity index is 626. The maximum atomic E-state index is 12.7. The van der Waals surface area contributed by atoms with Crippen LogP contribution in [0.5, 0.6) is 0 Å². The van der Waals surface area contributed by atoms with E-state index in [9.17, 15) is 18.0 Å². The minimum atomic E-state index is -4.46. The van der Waals surface area contributed by atoms with Gasteiger partial charge in [0.2, 0.25) is 0 Å². The highest BCUT2D eigenvalue weighted by molar-refractivity contribution is 7.99. The van der Waals surface area contributed by atoms with Gasteiger partial charge in [-0.25, -0.2) is 0 Å². The molecule has 0 aliphatic heterocycles. The predicted molar refractivity (Wildman–Crippen MR) is 72.2 cm³/mol. The Hall–Kier alpha value is -1.46. The third-order valence-electron chi connectivity index (χ3n) is 2.49. The quantitative estimate of drug-likeness (QED) is 0.721. The number of alkyl halides is 3. The van der Waals surface area contributed by atoms with Gasteiger partial charge in [-0.1, -0.05) is 30.0 Å². The maximum absolute atomic E-state index is 12.7. The summed E-state index contributed by atoms with van der Waals surface area (Å²) in [7, 11) is 0. The molecule has 0 aliphatic rings. The number of hydrogen-bond donors (Lipinski definition) is 0. The summed E-state index contributed by atoms with van der Waals surface area (Å²) in [6, 6.07) is 11.7. The molecule has 0 unspecified atom stereocenters. The minimum Gasteiger partial charge on any atom is -0.276 e. The van der Waals surface area contributed by atoms with Crippen molar-refractivity contribution in [2.75, 3.05) is 0 Å². The number of benzene rings is 2. The average molecular weight is 317 g/mol. The summed E-state index contributed by atoms with van der Waals surface area (Å²) < 4.78 is 38.1. The van der Waals surface area contributed by atoms with Crippen LogP contribution >= 0.6 is 23.4 Å². The Labute approximate surface area is 122 Å². The van der Waals surface area contributed by atoms with Crippen LogP contribution in [-0.4, -0.2) is 5.24 Å². The summed E-state index contributed by atoms with van der Waals surface area (Å²) >= 11 is 6.48. The van der Waals surface area contributed by atoms with Gasteiger partial charge in [-0.15, -0.1) is 0 Å². The molecule has 104 valence electrons. The van der Waals surface area contributed by atoms with Crippen molar-refractivity contribution in [2.45, 2.75) is 16.0 Å². The molecule has 2 rings (SSSR count). The number of halogens is 4. The molecule has 0 radical (unpaired) electrons. The minimum absolute atomic E-state index is 0.0634. The summed E-state index contributed by atoms with van der Waals surface area (Å²) in [5.41, 5.74) is -0.744. The third-order valence-corrected chi connectivity index (χ3v) is 3.76. The number of carbonyl (C=O) groups excluding carboxylic acids is 1. The Morgan fingerprint density at radius 3 is 2.25 bits per heavy atom. The van der Waals surface area contributed by atoms with Gasteiger partial charge in [-0.3, -0.25) is 4.79 Å². The first kappa shape index (κ1) is 14.9. The molecule has 0 spiro atoms. The first-order chi connectivity index (χ1) is 9.38. The topological polar surface area (TPSA) is 17.1 Å². The van der Waals surface area contributed by atoms with Crippen LogP contribution in [0.4, 0.5) is 13.2 Å². The molecular weight excluding hydrogens is 309 g/mol. The van der Waals surface area contributed by atoms with E-state index in [1.54, 1.807) is 30.3 Å². The van der Waals surface area contributed by atoms with Gasteiger partial charge >= 0.3 is 6.18 Å². The summed E-state index contributed by atoms with van der Waals surface area (Å²) in [6.45, 7) is 0. The Morgan fingerprint density at radius 1 is 1.05 bits per heavy atom. The lowest BCUT2D eigenvalue weighted by Gasteiger charge is -2.11. The molecule has 0 fully saturated rings. The Kier molecular flexibility index (Phi) is 4.40. The summed E-state index contributed by atoms with van der Waals surface area (Å²) in [6.07, 6.45) is -4.46. The number of hydrogen-bond acceptors (Lipinski definition) is 2. The standard InChI is InChI=1S/C14H8ClF3OS/c15-13(19)11-7-6-9(14(16,17)18)8-12(11)20-10-4-2-1-3-5-10/h1-8H. The van der Waals surface area contributed by atoms with E-state index in [2.05, 4.69) is 0 Å². The number of rotatable bonds is 3. The van der Waals surface area contributed by atoms with Gasteiger partial charge in [0, 0.05) is 15.4 Å². The molecule has 0 aromatic heterocycles. The van der Waals surface area contributed by atoms with Crippen LogP contribution in [0.25, 0.3) is 0 Å². The van der Waals surface area contributed by atoms with E-state index in [1.807, 2.05) is 0 Å². The summed E-state index contributed by atoms with van der Waals surface area (Å²) in [5.74, 6) is 0. The average Bonchev–Trinajstić information content (AvgIpc) is 2.38. The highest BCUT2D eigenvalue weighted by Crippen LogP contribution is 2.36. The fourth-order valence-corrected chi connectivity index (χ4v) is 2.79. The summed E-state index contributed by atoms with van der Waals surface area (Å²) in [4.78, 5) is 12.2. The van der Waals surface area contributed by atoms with E-state index in [0.717, 1.165) is 34.9 Å². The van der Waals surface area contributed by atoms with Gasteiger partial charge < -0.3 is 0 Å². The molecular formula is C14H8ClF3OS. The van der Waals surface area contributed by atoms with Crippen LogP contribution in [0.2, 0.25) is 0 Å². The second-order valence-electron chi connectivity index (χ2n) is 3.90. The Morgan fingerprint density at radius 2 is 1.70 bits per heavy atom. The van der Waals surface area contributed by atoms with Crippen molar-refractivity contribution in [3.63, 3.8) is 0 Å². The highest BCUT2D eigenvalue weighted by Gasteiger charge is 2.31. The van der Waals surface area contributed by atoms with Crippen LogP contribution < -0.4 is 0 Å². The van der Waals surface area contributed by atoms with Gasteiger partial charge in [0.1, 0.15) is 0 Å². The zero-order valence-electron chi connectivity index (χ0n) is 9.95. The number of carbonyl (C=O) groups is 1. The predicted octanol–water partition coefficient (Wildman–Crippen LogP) is 5.24. The zero-order chi connectivity index (χ0) is 14.8. The van der Waals surface area contributed by atoms with Crippen LogP contribution in [-0.2, 0) is 6.18 Å². The molecule has 2 aromatic rings. The van der Waals surface area contributed by atoms with E-state index in [0.29, 0.717) is 0 Å². The summed E-state index contributed by atoms with van der Waals surface area (Å²) in [5, 5.41) is -0.780. The van der Waals surface area contributed by atoms with Crippen molar-refractivity contribution in [2.24, 2.45) is 0 Å². The lowest BCUT2D eigenvalue weighted by Crippen LogP contribution is -2.06. The second-order valence-corrected chi connectivity index (χ2v) is 5.36. The van der Waals surface area contributed by atoms with E-state index >= 15 is 0 Å². The molecule has 0 heterocycles. The maximum Gasteiger partial charge on any atom is 0.416 e. The zero-order valence-corrected chi connectivity index (χ0v) is 11.5. The molecule has 0 saturated heterocycles. The van der Waals surface area contributed by atoms with Gasteiger partial charge in [-0.2, -0.15) is 13.2 Å². The smallest absolute Gasteiger partial charge is 0.276 e. The molecule has 0 saturated carbocycles.